The Morgan fingerprint density at radius 2 is 2.11 bits per heavy atom. The number of ether oxygens (including phenoxy) is 1. The van der Waals surface area contributed by atoms with Gasteiger partial charge in [-0.1, -0.05) is 0 Å². The van der Waals surface area contributed by atoms with Gasteiger partial charge >= 0.3 is 0 Å². The highest BCUT2D eigenvalue weighted by Gasteiger charge is 2.27. The summed E-state index contributed by atoms with van der Waals surface area (Å²) in [4.78, 5) is 13.6. The highest BCUT2D eigenvalue weighted by Crippen LogP contribution is 2.11. The lowest BCUT2D eigenvalue weighted by Crippen LogP contribution is -2.51. The Morgan fingerprint density at radius 3 is 2.68 bits per heavy atom. The molecule has 0 saturated carbocycles. The van der Waals surface area contributed by atoms with Crippen LogP contribution in [0, 0.1) is 11.7 Å². The second kappa shape index (κ2) is 6.52. The topological polar surface area (TPSA) is 41.6 Å². The van der Waals surface area contributed by atoms with Crippen LogP contribution in [0.4, 0.5) is 4.39 Å². The molecule has 104 valence electrons. The van der Waals surface area contributed by atoms with E-state index in [2.05, 4.69) is 5.32 Å². The van der Waals surface area contributed by atoms with Gasteiger partial charge < -0.3 is 15.0 Å². The SMILES string of the molecule is CN(CCCOc1ccc(F)cc1)C(=O)C1CNC1. The highest BCUT2D eigenvalue weighted by molar-refractivity contribution is 5.79. The molecule has 1 aromatic rings. The van der Waals surface area contributed by atoms with E-state index in [9.17, 15) is 9.18 Å². The normalized spacial score (nSPS) is 14.8. The summed E-state index contributed by atoms with van der Waals surface area (Å²) >= 11 is 0. The van der Waals surface area contributed by atoms with Gasteiger partial charge in [-0.15, -0.1) is 0 Å². The average Bonchev–Trinajstić information content (AvgIpc) is 2.34. The third-order valence-corrected chi connectivity index (χ3v) is 3.23. The van der Waals surface area contributed by atoms with Crippen molar-refractivity contribution < 1.29 is 13.9 Å². The first-order valence-electron chi connectivity index (χ1n) is 6.51. The van der Waals surface area contributed by atoms with E-state index < -0.39 is 0 Å². The third-order valence-electron chi connectivity index (χ3n) is 3.23. The molecule has 1 saturated heterocycles. The maximum Gasteiger partial charge on any atom is 0.227 e. The number of carbonyl (C=O) groups excluding carboxylic acids is 1. The van der Waals surface area contributed by atoms with Crippen LogP contribution in [-0.4, -0.2) is 44.1 Å². The molecule has 0 unspecified atom stereocenters. The Bertz CT molecular complexity index is 418. The van der Waals surface area contributed by atoms with Crippen molar-refractivity contribution in [2.24, 2.45) is 5.92 Å². The van der Waals surface area contributed by atoms with E-state index in [1.165, 1.54) is 12.1 Å². The first-order chi connectivity index (χ1) is 9.16. The molecule has 1 aliphatic rings. The van der Waals surface area contributed by atoms with E-state index >= 15 is 0 Å². The second-order valence-electron chi connectivity index (χ2n) is 4.77. The second-order valence-corrected chi connectivity index (χ2v) is 4.77. The van der Waals surface area contributed by atoms with Crippen molar-refractivity contribution in [2.45, 2.75) is 6.42 Å². The zero-order valence-corrected chi connectivity index (χ0v) is 11.1. The molecule has 2 rings (SSSR count). The highest BCUT2D eigenvalue weighted by atomic mass is 19.1. The van der Waals surface area contributed by atoms with Crippen LogP contribution in [0.1, 0.15) is 6.42 Å². The standard InChI is InChI=1S/C14H19FN2O2/c1-17(14(18)11-9-16-10-11)7-2-8-19-13-5-3-12(15)4-6-13/h3-6,11,16H,2,7-10H2,1H3. The fourth-order valence-electron chi connectivity index (χ4n) is 1.91. The zero-order valence-electron chi connectivity index (χ0n) is 11.1. The van der Waals surface area contributed by atoms with Gasteiger partial charge in [0.2, 0.25) is 5.91 Å². The van der Waals surface area contributed by atoms with E-state index in [1.807, 2.05) is 7.05 Å². The third kappa shape index (κ3) is 3.92. The number of amides is 1. The predicted octanol–water partition coefficient (Wildman–Crippen LogP) is 1.27. The number of hydrogen-bond acceptors (Lipinski definition) is 3. The summed E-state index contributed by atoms with van der Waals surface area (Å²) in [7, 11) is 1.82. The van der Waals surface area contributed by atoms with Gasteiger partial charge in [-0.05, 0) is 30.7 Å². The van der Waals surface area contributed by atoms with Crippen molar-refractivity contribution in [3.8, 4) is 5.75 Å². The van der Waals surface area contributed by atoms with Gasteiger partial charge in [-0.25, -0.2) is 4.39 Å². The van der Waals surface area contributed by atoms with Crippen molar-refractivity contribution in [1.29, 1.82) is 0 Å². The largest absolute Gasteiger partial charge is 0.494 e. The number of nitrogens with one attached hydrogen (secondary N) is 1. The lowest BCUT2D eigenvalue weighted by Gasteiger charge is -2.30. The van der Waals surface area contributed by atoms with Gasteiger partial charge in [-0.2, -0.15) is 0 Å². The number of benzene rings is 1. The molecule has 0 aromatic heterocycles. The minimum atomic E-state index is -0.271. The van der Waals surface area contributed by atoms with Gasteiger partial charge in [0.25, 0.3) is 0 Å². The van der Waals surface area contributed by atoms with E-state index in [1.54, 1.807) is 17.0 Å². The summed E-state index contributed by atoms with van der Waals surface area (Å²) in [5.41, 5.74) is 0. The van der Waals surface area contributed by atoms with Crippen LogP contribution in [0.15, 0.2) is 24.3 Å². The molecule has 0 spiro atoms. The van der Waals surface area contributed by atoms with Crippen LogP contribution in [0.3, 0.4) is 0 Å². The maximum absolute atomic E-state index is 12.7. The van der Waals surface area contributed by atoms with Gasteiger partial charge in [-0.3, -0.25) is 4.79 Å². The number of halogens is 1. The van der Waals surface area contributed by atoms with Crippen LogP contribution >= 0.6 is 0 Å². The molecule has 0 atom stereocenters. The summed E-state index contributed by atoms with van der Waals surface area (Å²) in [6.07, 6.45) is 0.764. The summed E-state index contributed by atoms with van der Waals surface area (Å²) in [6.45, 7) is 2.77. The monoisotopic (exact) mass is 266 g/mol. The van der Waals surface area contributed by atoms with Gasteiger partial charge in [0, 0.05) is 26.7 Å². The van der Waals surface area contributed by atoms with Crippen LogP contribution in [-0.2, 0) is 4.79 Å². The first kappa shape index (κ1) is 13.8. The van der Waals surface area contributed by atoms with Gasteiger partial charge in [0.15, 0.2) is 0 Å². The van der Waals surface area contributed by atoms with Crippen molar-refractivity contribution in [1.82, 2.24) is 10.2 Å². The molecule has 1 fully saturated rings. The average molecular weight is 266 g/mol. The maximum atomic E-state index is 12.7. The van der Waals surface area contributed by atoms with Crippen LogP contribution in [0.5, 0.6) is 5.75 Å². The molecule has 0 aliphatic carbocycles. The Balaban J connectivity index is 1.63. The molecule has 0 bridgehead atoms. The van der Waals surface area contributed by atoms with Gasteiger partial charge in [0.05, 0.1) is 12.5 Å². The van der Waals surface area contributed by atoms with Crippen molar-refractivity contribution in [2.75, 3.05) is 33.3 Å². The van der Waals surface area contributed by atoms with Gasteiger partial charge in [0.1, 0.15) is 11.6 Å². The van der Waals surface area contributed by atoms with E-state index in [-0.39, 0.29) is 17.6 Å². The smallest absolute Gasteiger partial charge is 0.227 e. The summed E-state index contributed by atoms with van der Waals surface area (Å²) in [5.74, 6) is 0.717. The molecule has 19 heavy (non-hydrogen) atoms. The van der Waals surface area contributed by atoms with Crippen LogP contribution in [0.2, 0.25) is 0 Å². The molecule has 1 heterocycles. The fraction of sp³-hybridized carbons (Fsp3) is 0.500. The minimum absolute atomic E-state index is 0.142. The lowest BCUT2D eigenvalue weighted by atomic mass is 10.0. The number of hydrogen-bond donors (Lipinski definition) is 1. The molecule has 1 aliphatic heterocycles. The summed E-state index contributed by atoms with van der Waals surface area (Å²) < 4.78 is 18.2. The van der Waals surface area contributed by atoms with Crippen LogP contribution in [0.25, 0.3) is 0 Å². The van der Waals surface area contributed by atoms with Crippen molar-refractivity contribution in [3.05, 3.63) is 30.1 Å². The molecular weight excluding hydrogens is 247 g/mol. The van der Waals surface area contributed by atoms with Crippen molar-refractivity contribution in [3.63, 3.8) is 0 Å². The lowest BCUT2D eigenvalue weighted by molar-refractivity contribution is -0.135. The summed E-state index contributed by atoms with van der Waals surface area (Å²) in [6, 6.07) is 5.94. The van der Waals surface area contributed by atoms with E-state index in [0.29, 0.717) is 18.9 Å². The van der Waals surface area contributed by atoms with Crippen LogP contribution < -0.4 is 10.1 Å². The van der Waals surface area contributed by atoms with Crippen molar-refractivity contribution >= 4 is 5.91 Å². The Hall–Kier alpha value is -1.62. The molecule has 4 nitrogen and oxygen atoms in total. The zero-order chi connectivity index (χ0) is 13.7. The van der Waals surface area contributed by atoms with E-state index in [4.69, 9.17) is 4.74 Å². The minimum Gasteiger partial charge on any atom is -0.494 e. The molecule has 1 amide bonds. The molecule has 1 N–H and O–H groups in total. The quantitative estimate of drug-likeness (QED) is 0.788. The molecule has 1 aromatic carbocycles. The number of rotatable bonds is 6. The Kier molecular flexibility index (Phi) is 4.74. The van der Waals surface area contributed by atoms with E-state index in [0.717, 1.165) is 19.5 Å². The Labute approximate surface area is 112 Å². The molecule has 0 radical (unpaired) electrons. The molecule has 5 heteroatoms. The summed E-state index contributed by atoms with van der Waals surface area (Å²) in [5, 5.41) is 3.09. The predicted molar refractivity (Wildman–Crippen MR) is 70.5 cm³/mol. The Morgan fingerprint density at radius 1 is 1.42 bits per heavy atom. The molecular formula is C14H19FN2O2. The fourth-order valence-corrected chi connectivity index (χ4v) is 1.91. The first-order valence-corrected chi connectivity index (χ1v) is 6.51. The number of nitrogens with zero attached hydrogens (tertiary/aromatic N) is 1. The number of carbonyl (C=O) groups is 1.